The molecule has 4 heterocycles. The maximum Gasteiger partial charge on any atom is 0.327 e. The average molecular weight is 882 g/mol. The van der Waals surface area contributed by atoms with Crippen molar-refractivity contribution < 1.29 is 52.8 Å². The minimum atomic E-state index is -1.49. The molecule has 10 rings (SSSR count). The Labute approximate surface area is 375 Å². The van der Waals surface area contributed by atoms with Gasteiger partial charge in [-0.25, -0.2) is 0 Å². The highest BCUT2D eigenvalue weighted by Gasteiger charge is 2.78. The first-order valence-corrected chi connectivity index (χ1v) is 23.6. The minimum Gasteiger partial charge on any atom is -0.460 e. The van der Waals surface area contributed by atoms with E-state index in [1.54, 1.807) is 32.9 Å². The molecule has 64 heavy (non-hydrogen) atoms. The monoisotopic (exact) mass is 881 g/mol. The number of fused-ring (bicyclic) bond motifs is 5. The average Bonchev–Trinajstić information content (AvgIpc) is 4.18. The zero-order valence-electron chi connectivity index (χ0n) is 37.4. The van der Waals surface area contributed by atoms with Crippen LogP contribution in [0.2, 0.25) is 0 Å². The number of aliphatic hydroxyl groups is 1. The fourth-order valence-electron chi connectivity index (χ4n) is 11.4. The van der Waals surface area contributed by atoms with Gasteiger partial charge in [0.2, 0.25) is 11.8 Å². The number of likely N-dealkylation sites (N-methyl/N-ethyl adjacent to an activating group) is 1. The molecule has 4 saturated heterocycles. The Hall–Kier alpha value is -4.18. The predicted molar refractivity (Wildman–Crippen MR) is 231 cm³/mol. The van der Waals surface area contributed by atoms with Crippen molar-refractivity contribution in [1.82, 2.24) is 15.3 Å². The quantitative estimate of drug-likeness (QED) is 0.171. The highest BCUT2D eigenvalue weighted by molar-refractivity contribution is 5.96. The number of allylic oxidation sites excluding steroid dienone is 1. The first-order chi connectivity index (χ1) is 30.7. The summed E-state index contributed by atoms with van der Waals surface area (Å²) in [6.07, 6.45) is 9.83. The number of epoxide rings is 1. The van der Waals surface area contributed by atoms with Crippen molar-refractivity contribution in [2.45, 2.75) is 164 Å². The molecule has 2 aromatic rings. The van der Waals surface area contributed by atoms with Crippen molar-refractivity contribution in [3.05, 3.63) is 77.4 Å². The molecule has 0 radical (unpaired) electrons. The molecule has 2 N–H and O–H groups in total. The number of ether oxygens (including phenoxy) is 5. The Balaban J connectivity index is 0.955. The normalized spacial score (nSPS) is 33.4. The molecular weight excluding hydrogens is 819 g/mol. The van der Waals surface area contributed by atoms with E-state index in [4.69, 9.17) is 28.5 Å². The SMILES string of the molecule is CN(C(=O)[C@@]12C[C@H]3OC(=O)[C@@H]1N(Cc1cccc(C=CC4CCC5OC5C4)c1)O[C@@H]2[C@H]1OC(C2CC2)(C2CC2)O[C@H]13)[C@H](Cc1ccccc1)C(=O)N[C@H](CO)CCC(=O)OC(C)(C)C. The van der Waals surface area contributed by atoms with Crippen LogP contribution in [0.15, 0.2) is 60.7 Å². The molecule has 8 aliphatic rings. The molecular formula is C50H63N3O11. The summed E-state index contributed by atoms with van der Waals surface area (Å²) >= 11 is 0. The lowest BCUT2D eigenvalue weighted by atomic mass is 9.62. The number of nitrogens with one attached hydrogen (secondary N) is 1. The van der Waals surface area contributed by atoms with E-state index in [-0.39, 0.29) is 44.1 Å². The van der Waals surface area contributed by atoms with E-state index < -0.39 is 89.7 Å². The van der Waals surface area contributed by atoms with Gasteiger partial charge in [0.05, 0.1) is 31.4 Å². The van der Waals surface area contributed by atoms with Gasteiger partial charge in [-0.05, 0) is 94.7 Å². The molecule has 0 aromatic heterocycles. The number of rotatable bonds is 16. The van der Waals surface area contributed by atoms with E-state index in [2.05, 4.69) is 29.6 Å². The first-order valence-electron chi connectivity index (χ1n) is 23.6. The molecule has 14 nitrogen and oxygen atoms in total. The van der Waals surface area contributed by atoms with E-state index in [9.17, 15) is 19.5 Å². The van der Waals surface area contributed by atoms with Gasteiger partial charge in [-0.2, -0.15) is 5.06 Å². The number of carbonyl (C=O) groups is 4. The number of aliphatic hydroxyl groups excluding tert-OH is 1. The highest BCUT2D eigenvalue weighted by Crippen LogP contribution is 2.64. The molecule has 4 aliphatic heterocycles. The van der Waals surface area contributed by atoms with Crippen LogP contribution in [-0.4, -0.2) is 119 Å². The van der Waals surface area contributed by atoms with Crippen LogP contribution in [0, 0.1) is 23.2 Å². The Morgan fingerprint density at radius 1 is 0.953 bits per heavy atom. The van der Waals surface area contributed by atoms with Crippen molar-refractivity contribution in [3.8, 4) is 0 Å². The third kappa shape index (κ3) is 8.43. The lowest BCUT2D eigenvalue weighted by Crippen LogP contribution is -2.70. The van der Waals surface area contributed by atoms with E-state index in [1.165, 1.54) is 4.90 Å². The fraction of sp³-hybridized carbons (Fsp3) is 0.640. The Kier molecular flexibility index (Phi) is 11.5. The van der Waals surface area contributed by atoms with Gasteiger partial charge >= 0.3 is 11.9 Å². The van der Waals surface area contributed by atoms with Gasteiger partial charge < -0.3 is 39.0 Å². The van der Waals surface area contributed by atoms with Crippen molar-refractivity contribution in [3.63, 3.8) is 0 Å². The number of nitrogens with zero attached hydrogens (tertiary/aromatic N) is 2. The molecule has 4 saturated carbocycles. The van der Waals surface area contributed by atoms with Gasteiger partial charge in [0, 0.05) is 38.1 Å². The standard InChI is InChI=1S/C50H63N3O11/c1-48(2,3)61-40(55)22-20-35(28-54)51-45(56)36(24-29-9-6-5-7-10-29)52(4)47(58)49-26-39-41-42(63-50(62-41,33-16-17-33)34-18-19-34)44(49)64-53(43(49)46(57)60-39)27-32-12-8-11-30(23-32)13-14-31-15-21-37-38(25-31)59-37/h5-14,23,31,33-39,41-44,54H,15-22,24-28H2,1-4H3,(H,51,56)/t31?,35-,36+,37?,38?,39+,41-,42-,43-,44+,49-/m0/s1. The largest absolute Gasteiger partial charge is 0.460 e. The summed E-state index contributed by atoms with van der Waals surface area (Å²) in [5, 5.41) is 14.9. The third-order valence-corrected chi connectivity index (χ3v) is 14.8. The van der Waals surface area contributed by atoms with E-state index >= 15 is 4.79 Å². The van der Waals surface area contributed by atoms with Crippen LogP contribution < -0.4 is 5.32 Å². The van der Waals surface area contributed by atoms with Crippen molar-refractivity contribution in [1.29, 1.82) is 0 Å². The summed E-state index contributed by atoms with van der Waals surface area (Å²) < 4.78 is 31.6. The number of hydroxylamine groups is 2. The van der Waals surface area contributed by atoms with Crippen LogP contribution in [0.5, 0.6) is 0 Å². The third-order valence-electron chi connectivity index (χ3n) is 14.8. The Morgan fingerprint density at radius 2 is 1.69 bits per heavy atom. The Morgan fingerprint density at radius 3 is 2.39 bits per heavy atom. The van der Waals surface area contributed by atoms with Crippen LogP contribution >= 0.6 is 0 Å². The van der Waals surface area contributed by atoms with E-state index in [0.29, 0.717) is 18.1 Å². The number of esters is 2. The van der Waals surface area contributed by atoms with E-state index in [1.807, 2.05) is 42.5 Å². The summed E-state index contributed by atoms with van der Waals surface area (Å²) in [5.41, 5.74) is 0.562. The number of hydrogen-bond acceptors (Lipinski definition) is 12. The molecule has 2 bridgehead atoms. The molecule has 2 aromatic carbocycles. The summed E-state index contributed by atoms with van der Waals surface area (Å²) in [6.45, 7) is 5.11. The van der Waals surface area contributed by atoms with Crippen LogP contribution in [0.4, 0.5) is 0 Å². The highest BCUT2D eigenvalue weighted by atomic mass is 16.8. The predicted octanol–water partition coefficient (Wildman–Crippen LogP) is 5.04. The van der Waals surface area contributed by atoms with Crippen molar-refractivity contribution >= 4 is 29.8 Å². The molecule has 3 unspecified atom stereocenters. The molecule has 11 atom stereocenters. The summed E-state index contributed by atoms with van der Waals surface area (Å²) in [6, 6.07) is 14.6. The van der Waals surface area contributed by atoms with Crippen molar-refractivity contribution in [2.75, 3.05) is 13.7 Å². The molecule has 8 fully saturated rings. The number of hydrogen-bond donors (Lipinski definition) is 2. The van der Waals surface area contributed by atoms with Crippen molar-refractivity contribution in [2.24, 2.45) is 23.2 Å². The molecule has 4 aliphatic carbocycles. The topological polar surface area (TPSA) is 166 Å². The summed E-state index contributed by atoms with van der Waals surface area (Å²) in [5.74, 6) is -1.86. The summed E-state index contributed by atoms with van der Waals surface area (Å²) in [7, 11) is 1.60. The van der Waals surface area contributed by atoms with Crippen LogP contribution in [0.25, 0.3) is 6.08 Å². The van der Waals surface area contributed by atoms with Gasteiger partial charge in [0.1, 0.15) is 41.5 Å². The van der Waals surface area contributed by atoms with Gasteiger partial charge in [0.25, 0.3) is 0 Å². The van der Waals surface area contributed by atoms with Gasteiger partial charge in [0.15, 0.2) is 11.8 Å². The number of carbonyl (C=O) groups excluding carboxylic acids is 4. The number of amides is 2. The zero-order valence-corrected chi connectivity index (χ0v) is 37.4. The lowest BCUT2D eigenvalue weighted by molar-refractivity contribution is -0.235. The first kappa shape index (κ1) is 43.7. The van der Waals surface area contributed by atoms with Crippen LogP contribution in [0.1, 0.15) is 102 Å². The molecule has 0 spiro atoms. The second-order valence-corrected chi connectivity index (χ2v) is 20.7. The second kappa shape index (κ2) is 16.9. The van der Waals surface area contributed by atoms with Gasteiger partial charge in [-0.1, -0.05) is 66.7 Å². The second-order valence-electron chi connectivity index (χ2n) is 20.7. The van der Waals surface area contributed by atoms with Gasteiger partial charge in [-0.3, -0.25) is 24.0 Å². The smallest absolute Gasteiger partial charge is 0.327 e. The summed E-state index contributed by atoms with van der Waals surface area (Å²) in [4.78, 5) is 66.1. The molecule has 2 amide bonds. The lowest BCUT2D eigenvalue weighted by Gasteiger charge is -2.50. The maximum absolute atomic E-state index is 15.8. The molecule has 14 heteroatoms. The maximum atomic E-state index is 15.8. The van der Waals surface area contributed by atoms with E-state index in [0.717, 1.165) is 61.6 Å². The Bertz CT molecular complexity index is 2120. The van der Waals surface area contributed by atoms with Crippen LogP contribution in [0.3, 0.4) is 0 Å². The fourth-order valence-corrected chi connectivity index (χ4v) is 11.4. The van der Waals surface area contributed by atoms with Gasteiger partial charge in [-0.15, -0.1) is 0 Å². The molecule has 344 valence electrons. The van der Waals surface area contributed by atoms with Crippen LogP contribution in [-0.2, 0) is 60.7 Å². The number of benzene rings is 2. The minimum absolute atomic E-state index is 0.0200. The zero-order chi connectivity index (χ0) is 44.5.